The second-order valence-electron chi connectivity index (χ2n) is 4.19. The van der Waals surface area contributed by atoms with E-state index in [1.807, 2.05) is 5.38 Å². The molecule has 0 spiro atoms. The minimum Gasteiger partial charge on any atom is -0.303 e. The summed E-state index contributed by atoms with van der Waals surface area (Å²) in [6.07, 6.45) is 5.19. The third-order valence-electron chi connectivity index (χ3n) is 3.17. The van der Waals surface area contributed by atoms with Gasteiger partial charge in [0, 0.05) is 11.8 Å². The zero-order valence-electron chi connectivity index (χ0n) is 9.69. The summed E-state index contributed by atoms with van der Waals surface area (Å²) in [6, 6.07) is 0.490. The lowest BCUT2D eigenvalue weighted by Crippen LogP contribution is -2.33. The first-order chi connectivity index (χ1) is 7.85. The lowest BCUT2D eigenvalue weighted by molar-refractivity contribution is -0.107. The monoisotopic (exact) mass is 238 g/mol. The van der Waals surface area contributed by atoms with Crippen LogP contribution in [0.5, 0.6) is 0 Å². The van der Waals surface area contributed by atoms with Gasteiger partial charge in [0.05, 0.1) is 11.7 Å². The van der Waals surface area contributed by atoms with Crippen LogP contribution in [0.25, 0.3) is 0 Å². The van der Waals surface area contributed by atoms with E-state index in [-0.39, 0.29) is 0 Å². The lowest BCUT2D eigenvalue weighted by Gasteiger charge is -2.33. The van der Waals surface area contributed by atoms with Crippen molar-refractivity contribution in [1.29, 1.82) is 0 Å². The molecule has 1 aliphatic heterocycles. The molecule has 1 saturated heterocycles. The number of carbonyl (C=O) groups is 1. The first-order valence-electron chi connectivity index (χ1n) is 5.97. The van der Waals surface area contributed by atoms with Gasteiger partial charge >= 0.3 is 0 Å². The standard InChI is InChI=1S/C12H18N2OS/c1-2-14-7-4-3-5-11(14)12-13-10(6-8-15)9-16-12/h8-9,11H,2-7H2,1H3. The maximum absolute atomic E-state index is 10.4. The highest BCUT2D eigenvalue weighted by atomic mass is 32.1. The summed E-state index contributed by atoms with van der Waals surface area (Å²) in [4.78, 5) is 17.5. The fourth-order valence-corrected chi connectivity index (χ4v) is 3.30. The Balaban J connectivity index is 2.10. The second kappa shape index (κ2) is 5.55. The van der Waals surface area contributed by atoms with Gasteiger partial charge in [0.1, 0.15) is 11.3 Å². The van der Waals surface area contributed by atoms with Crippen molar-refractivity contribution in [2.75, 3.05) is 13.1 Å². The predicted octanol–water partition coefficient (Wildman–Crippen LogP) is 2.43. The molecule has 0 bridgehead atoms. The SMILES string of the molecule is CCN1CCCCC1c1nc(CC=O)cs1. The van der Waals surface area contributed by atoms with E-state index in [4.69, 9.17) is 0 Å². The van der Waals surface area contributed by atoms with Gasteiger partial charge in [0.15, 0.2) is 0 Å². The molecule has 1 atom stereocenters. The summed E-state index contributed by atoms with van der Waals surface area (Å²) >= 11 is 1.70. The minimum absolute atomic E-state index is 0.454. The average molecular weight is 238 g/mol. The molecule has 0 radical (unpaired) electrons. The Morgan fingerprint density at radius 3 is 3.25 bits per heavy atom. The highest BCUT2D eigenvalue weighted by Gasteiger charge is 2.24. The third kappa shape index (κ3) is 2.50. The van der Waals surface area contributed by atoms with E-state index < -0.39 is 0 Å². The first kappa shape index (κ1) is 11.7. The number of nitrogens with zero attached hydrogens (tertiary/aromatic N) is 2. The molecule has 0 aliphatic carbocycles. The summed E-state index contributed by atoms with van der Waals surface area (Å²) in [6.45, 7) is 4.48. The van der Waals surface area contributed by atoms with E-state index in [9.17, 15) is 4.79 Å². The lowest BCUT2D eigenvalue weighted by atomic mass is 10.0. The Morgan fingerprint density at radius 1 is 1.62 bits per heavy atom. The van der Waals surface area contributed by atoms with Crippen molar-refractivity contribution in [3.63, 3.8) is 0 Å². The number of carbonyl (C=O) groups excluding carboxylic acids is 1. The molecular formula is C12H18N2OS. The van der Waals surface area contributed by atoms with Crippen LogP contribution in [-0.2, 0) is 11.2 Å². The van der Waals surface area contributed by atoms with Crippen LogP contribution in [0.1, 0.15) is 42.9 Å². The molecule has 16 heavy (non-hydrogen) atoms. The van der Waals surface area contributed by atoms with E-state index in [1.165, 1.54) is 30.8 Å². The Bertz CT molecular complexity index is 351. The number of thiazole rings is 1. The summed E-state index contributed by atoms with van der Waals surface area (Å²) in [7, 11) is 0. The number of piperidine rings is 1. The summed E-state index contributed by atoms with van der Waals surface area (Å²) < 4.78 is 0. The highest BCUT2D eigenvalue weighted by Crippen LogP contribution is 2.32. The van der Waals surface area contributed by atoms with Crippen LogP contribution in [0.3, 0.4) is 0 Å². The third-order valence-corrected chi connectivity index (χ3v) is 4.16. The Labute approximate surface area is 100 Å². The van der Waals surface area contributed by atoms with Gasteiger partial charge in [-0.15, -0.1) is 11.3 Å². The second-order valence-corrected chi connectivity index (χ2v) is 5.08. The van der Waals surface area contributed by atoms with E-state index in [1.54, 1.807) is 11.3 Å². The topological polar surface area (TPSA) is 33.2 Å². The molecule has 1 aromatic rings. The molecule has 4 heteroatoms. The average Bonchev–Trinajstić information content (AvgIpc) is 2.78. The Morgan fingerprint density at radius 2 is 2.50 bits per heavy atom. The van der Waals surface area contributed by atoms with Crippen LogP contribution in [0.4, 0.5) is 0 Å². The molecular weight excluding hydrogens is 220 g/mol. The molecule has 1 aliphatic rings. The molecule has 1 fully saturated rings. The molecule has 2 heterocycles. The zero-order chi connectivity index (χ0) is 11.4. The first-order valence-corrected chi connectivity index (χ1v) is 6.85. The highest BCUT2D eigenvalue weighted by molar-refractivity contribution is 7.09. The number of hydrogen-bond acceptors (Lipinski definition) is 4. The number of aromatic nitrogens is 1. The minimum atomic E-state index is 0.454. The van der Waals surface area contributed by atoms with Crippen molar-refractivity contribution >= 4 is 17.6 Å². The van der Waals surface area contributed by atoms with E-state index in [2.05, 4.69) is 16.8 Å². The van der Waals surface area contributed by atoms with Gasteiger partial charge in [0.2, 0.25) is 0 Å². The maximum atomic E-state index is 10.4. The van der Waals surface area contributed by atoms with E-state index >= 15 is 0 Å². The van der Waals surface area contributed by atoms with Gasteiger partial charge in [0.25, 0.3) is 0 Å². The van der Waals surface area contributed by atoms with E-state index in [0.717, 1.165) is 18.5 Å². The number of hydrogen-bond donors (Lipinski definition) is 0. The van der Waals surface area contributed by atoms with Crippen molar-refractivity contribution in [3.8, 4) is 0 Å². The van der Waals surface area contributed by atoms with Crippen LogP contribution < -0.4 is 0 Å². The van der Waals surface area contributed by atoms with Crippen molar-refractivity contribution in [2.45, 2.75) is 38.6 Å². The molecule has 0 amide bonds. The Hall–Kier alpha value is -0.740. The quantitative estimate of drug-likeness (QED) is 0.755. The summed E-state index contributed by atoms with van der Waals surface area (Å²) in [5.74, 6) is 0. The molecule has 3 nitrogen and oxygen atoms in total. The molecule has 2 rings (SSSR count). The molecule has 1 unspecified atom stereocenters. The van der Waals surface area contributed by atoms with E-state index in [0.29, 0.717) is 12.5 Å². The van der Waals surface area contributed by atoms with Crippen molar-refractivity contribution in [2.24, 2.45) is 0 Å². The fourth-order valence-electron chi connectivity index (χ4n) is 2.30. The number of rotatable bonds is 4. The number of aldehydes is 1. The van der Waals surface area contributed by atoms with Crippen LogP contribution in [0.15, 0.2) is 5.38 Å². The van der Waals surface area contributed by atoms with Crippen molar-refractivity contribution in [1.82, 2.24) is 9.88 Å². The van der Waals surface area contributed by atoms with Crippen LogP contribution in [-0.4, -0.2) is 29.3 Å². The van der Waals surface area contributed by atoms with Gasteiger partial charge in [-0.3, -0.25) is 4.90 Å². The van der Waals surface area contributed by atoms with Crippen LogP contribution >= 0.6 is 11.3 Å². The molecule has 1 aromatic heterocycles. The van der Waals surface area contributed by atoms with Crippen LogP contribution in [0.2, 0.25) is 0 Å². The van der Waals surface area contributed by atoms with Crippen molar-refractivity contribution in [3.05, 3.63) is 16.1 Å². The van der Waals surface area contributed by atoms with Crippen molar-refractivity contribution < 1.29 is 4.79 Å². The maximum Gasteiger partial charge on any atom is 0.125 e. The van der Waals surface area contributed by atoms with Gasteiger partial charge in [-0.25, -0.2) is 4.98 Å². The van der Waals surface area contributed by atoms with Gasteiger partial charge < -0.3 is 4.79 Å². The summed E-state index contributed by atoms with van der Waals surface area (Å²) in [5.41, 5.74) is 0.927. The van der Waals surface area contributed by atoms with Crippen LogP contribution in [0, 0.1) is 0 Å². The normalized spacial score (nSPS) is 22.2. The molecule has 0 aromatic carbocycles. The summed E-state index contributed by atoms with van der Waals surface area (Å²) in [5, 5.41) is 3.21. The molecule has 88 valence electrons. The van der Waals surface area contributed by atoms with Gasteiger partial charge in [-0.2, -0.15) is 0 Å². The van der Waals surface area contributed by atoms with Gasteiger partial charge in [-0.1, -0.05) is 13.3 Å². The smallest absolute Gasteiger partial charge is 0.125 e. The molecule has 0 N–H and O–H groups in total. The van der Waals surface area contributed by atoms with Gasteiger partial charge in [-0.05, 0) is 25.9 Å². The zero-order valence-corrected chi connectivity index (χ0v) is 10.5. The fraction of sp³-hybridized carbons (Fsp3) is 0.667. The largest absolute Gasteiger partial charge is 0.303 e. The predicted molar refractivity (Wildman–Crippen MR) is 65.7 cm³/mol. The Kier molecular flexibility index (Phi) is 4.07. The molecule has 0 saturated carbocycles. The number of likely N-dealkylation sites (tertiary alicyclic amines) is 1.